The molecule has 0 aromatic heterocycles. The van der Waals surface area contributed by atoms with Crippen LogP contribution in [0.15, 0.2) is 59.5 Å². The van der Waals surface area contributed by atoms with Gasteiger partial charge >= 0.3 is 0 Å². The lowest BCUT2D eigenvalue weighted by Gasteiger charge is -2.58. The van der Waals surface area contributed by atoms with Crippen LogP contribution in [-0.2, 0) is 14.8 Å². The van der Waals surface area contributed by atoms with Gasteiger partial charge in [-0.25, -0.2) is 8.42 Å². The molecule has 2 amide bonds. The fourth-order valence-corrected chi connectivity index (χ4v) is 7.43. The number of para-hydroxylation sites is 1. The summed E-state index contributed by atoms with van der Waals surface area (Å²) in [7, 11) is -3.82. The summed E-state index contributed by atoms with van der Waals surface area (Å²) in [4.78, 5) is 25.2. The number of primary amides is 1. The first-order chi connectivity index (χ1) is 15.3. The monoisotopic (exact) mass is 453 g/mol. The molecule has 0 heterocycles. The summed E-state index contributed by atoms with van der Waals surface area (Å²) in [6.45, 7) is 0. The van der Waals surface area contributed by atoms with Gasteiger partial charge in [-0.15, -0.1) is 0 Å². The second-order valence-electron chi connectivity index (χ2n) is 9.61. The highest BCUT2D eigenvalue weighted by Gasteiger charge is 2.58. The van der Waals surface area contributed by atoms with Crippen LogP contribution in [-0.4, -0.2) is 26.3 Å². The third-order valence-electron chi connectivity index (χ3n) is 7.53. The van der Waals surface area contributed by atoms with Crippen molar-refractivity contribution in [2.75, 3.05) is 4.72 Å². The summed E-state index contributed by atoms with van der Waals surface area (Å²) >= 11 is 0. The highest BCUT2D eigenvalue weighted by Crippen LogP contribution is 2.59. The maximum absolute atomic E-state index is 13.1. The van der Waals surface area contributed by atoms with Crippen LogP contribution in [0.4, 0.5) is 5.69 Å². The van der Waals surface area contributed by atoms with Crippen LogP contribution in [0, 0.1) is 23.2 Å². The lowest BCUT2D eigenvalue weighted by molar-refractivity contribution is -0.145. The Kier molecular flexibility index (Phi) is 5.00. The Morgan fingerprint density at radius 2 is 1.62 bits per heavy atom. The molecule has 8 heteroatoms. The van der Waals surface area contributed by atoms with Crippen molar-refractivity contribution in [3.8, 4) is 0 Å². The first kappa shape index (κ1) is 21.0. The van der Waals surface area contributed by atoms with Gasteiger partial charge in [0.1, 0.15) is 0 Å². The number of sulfonamides is 1. The lowest BCUT2D eigenvalue weighted by Crippen LogP contribution is -2.62. The third kappa shape index (κ3) is 3.66. The van der Waals surface area contributed by atoms with Gasteiger partial charge in [-0.1, -0.05) is 24.3 Å². The Morgan fingerprint density at radius 3 is 2.28 bits per heavy atom. The number of hydrogen-bond donors (Lipinski definition) is 3. The van der Waals surface area contributed by atoms with Gasteiger partial charge in [-0.2, -0.15) is 0 Å². The predicted molar refractivity (Wildman–Crippen MR) is 120 cm³/mol. The molecule has 0 aliphatic heterocycles. The Labute approximate surface area is 187 Å². The summed E-state index contributed by atoms with van der Waals surface area (Å²) in [5, 5.41) is 3.16. The van der Waals surface area contributed by atoms with Gasteiger partial charge < -0.3 is 11.1 Å². The van der Waals surface area contributed by atoms with E-state index in [0.29, 0.717) is 17.2 Å². The molecular weight excluding hydrogens is 426 g/mol. The molecule has 32 heavy (non-hydrogen) atoms. The number of rotatable bonds is 6. The molecule has 2 atom stereocenters. The molecule has 168 valence electrons. The van der Waals surface area contributed by atoms with Gasteiger partial charge in [0.05, 0.1) is 4.90 Å². The van der Waals surface area contributed by atoms with Crippen molar-refractivity contribution in [1.82, 2.24) is 5.32 Å². The molecule has 2 aromatic rings. The van der Waals surface area contributed by atoms with Crippen molar-refractivity contribution >= 4 is 27.5 Å². The highest BCUT2D eigenvalue weighted by atomic mass is 32.2. The number of amides is 2. The number of nitrogens with two attached hydrogens (primary N) is 1. The van der Waals surface area contributed by atoms with Crippen molar-refractivity contribution in [3.63, 3.8) is 0 Å². The van der Waals surface area contributed by atoms with E-state index in [9.17, 15) is 18.0 Å². The molecule has 6 rings (SSSR count). The molecule has 4 aliphatic rings. The van der Waals surface area contributed by atoms with E-state index in [1.807, 2.05) is 0 Å². The van der Waals surface area contributed by atoms with Gasteiger partial charge in [0.2, 0.25) is 5.91 Å². The molecule has 4 bridgehead atoms. The Bertz CT molecular complexity index is 1150. The fourth-order valence-electron chi connectivity index (χ4n) is 6.32. The maximum atomic E-state index is 13.1. The summed E-state index contributed by atoms with van der Waals surface area (Å²) in [6.07, 6.45) is 4.35. The first-order valence-electron chi connectivity index (χ1n) is 11.0. The zero-order valence-electron chi connectivity index (χ0n) is 17.7. The topological polar surface area (TPSA) is 118 Å². The summed E-state index contributed by atoms with van der Waals surface area (Å²) in [6, 6.07) is 14.7. The van der Waals surface area contributed by atoms with Crippen LogP contribution in [0.25, 0.3) is 0 Å². The standard InChI is InChI=1S/C24H27N3O4S/c25-23(29)24-12-15-9-17(13-24)21(18(10-15)14-24)26-22(28)16-5-4-8-20(11-16)32(30,31)27-19-6-2-1-3-7-19/h1-8,11,15,17-18,21,27H,9-10,12-14H2,(H2,25,29)(H,26,28). The molecular formula is C24H27N3O4S. The minimum atomic E-state index is -3.82. The molecule has 4 aliphatic carbocycles. The molecule has 4 saturated carbocycles. The number of carbonyl (C=O) groups is 2. The van der Waals surface area contributed by atoms with Crippen LogP contribution < -0.4 is 15.8 Å². The van der Waals surface area contributed by atoms with E-state index < -0.39 is 15.4 Å². The maximum Gasteiger partial charge on any atom is 0.261 e. The van der Waals surface area contributed by atoms with E-state index in [2.05, 4.69) is 10.0 Å². The number of benzene rings is 2. The van der Waals surface area contributed by atoms with Gasteiger partial charge in [-0.3, -0.25) is 14.3 Å². The zero-order chi connectivity index (χ0) is 22.5. The highest BCUT2D eigenvalue weighted by molar-refractivity contribution is 7.92. The van der Waals surface area contributed by atoms with Crippen molar-refractivity contribution in [2.45, 2.75) is 43.0 Å². The second-order valence-corrected chi connectivity index (χ2v) is 11.3. The molecule has 7 nitrogen and oxygen atoms in total. The predicted octanol–water partition coefficient (Wildman–Crippen LogP) is 2.90. The average Bonchev–Trinajstić information content (AvgIpc) is 2.76. The zero-order valence-corrected chi connectivity index (χ0v) is 18.5. The summed E-state index contributed by atoms with van der Waals surface area (Å²) < 4.78 is 28.1. The molecule has 0 spiro atoms. The quantitative estimate of drug-likeness (QED) is 0.623. The molecule has 2 aromatic carbocycles. The Balaban J connectivity index is 1.33. The van der Waals surface area contributed by atoms with E-state index in [-0.39, 0.29) is 34.6 Å². The van der Waals surface area contributed by atoms with E-state index in [4.69, 9.17) is 5.73 Å². The van der Waals surface area contributed by atoms with E-state index in [0.717, 1.165) is 32.1 Å². The summed E-state index contributed by atoms with van der Waals surface area (Å²) in [5.41, 5.74) is 6.11. The van der Waals surface area contributed by atoms with Crippen molar-refractivity contribution in [1.29, 1.82) is 0 Å². The minimum Gasteiger partial charge on any atom is -0.369 e. The smallest absolute Gasteiger partial charge is 0.261 e. The number of anilines is 1. The molecule has 0 radical (unpaired) electrons. The van der Waals surface area contributed by atoms with Crippen molar-refractivity contribution < 1.29 is 18.0 Å². The molecule has 4 N–H and O–H groups in total. The van der Waals surface area contributed by atoms with Crippen LogP contribution in [0.1, 0.15) is 42.5 Å². The molecule has 4 fully saturated rings. The second kappa shape index (κ2) is 7.62. The van der Waals surface area contributed by atoms with Crippen LogP contribution in [0.2, 0.25) is 0 Å². The number of hydrogen-bond acceptors (Lipinski definition) is 4. The summed E-state index contributed by atoms with van der Waals surface area (Å²) in [5.74, 6) is 0.497. The van der Waals surface area contributed by atoms with Gasteiger partial charge in [0, 0.05) is 22.7 Å². The van der Waals surface area contributed by atoms with E-state index >= 15 is 0 Å². The third-order valence-corrected chi connectivity index (χ3v) is 8.91. The number of nitrogens with one attached hydrogen (secondary N) is 2. The van der Waals surface area contributed by atoms with Crippen molar-refractivity contribution in [3.05, 3.63) is 60.2 Å². The van der Waals surface area contributed by atoms with E-state index in [1.54, 1.807) is 42.5 Å². The largest absolute Gasteiger partial charge is 0.369 e. The minimum absolute atomic E-state index is 0.00534. The number of carbonyl (C=O) groups excluding carboxylic acids is 2. The van der Waals surface area contributed by atoms with Crippen molar-refractivity contribution in [2.24, 2.45) is 28.9 Å². The normalized spacial score (nSPS) is 30.6. The van der Waals surface area contributed by atoms with Gasteiger partial charge in [0.15, 0.2) is 0 Å². The van der Waals surface area contributed by atoms with E-state index in [1.165, 1.54) is 12.1 Å². The first-order valence-corrected chi connectivity index (χ1v) is 12.5. The van der Waals surface area contributed by atoms with Crippen LogP contribution in [0.3, 0.4) is 0 Å². The van der Waals surface area contributed by atoms with Gasteiger partial charge in [-0.05, 0) is 80.2 Å². The van der Waals surface area contributed by atoms with Crippen LogP contribution >= 0.6 is 0 Å². The lowest BCUT2D eigenvalue weighted by atomic mass is 9.47. The van der Waals surface area contributed by atoms with Crippen LogP contribution in [0.5, 0.6) is 0 Å². The molecule has 0 saturated heterocycles. The SMILES string of the molecule is NC(=O)C12CC3CC(C1)C(NC(=O)c1cccc(S(=O)(=O)Nc4ccccc4)c1)C(C3)C2. The Hall–Kier alpha value is -2.87. The fraction of sp³-hybridized carbons (Fsp3) is 0.417. The Morgan fingerprint density at radius 1 is 0.938 bits per heavy atom. The average molecular weight is 454 g/mol. The molecule has 2 unspecified atom stereocenters. The van der Waals surface area contributed by atoms with Gasteiger partial charge in [0.25, 0.3) is 15.9 Å².